The van der Waals surface area contributed by atoms with Gasteiger partial charge in [-0.25, -0.2) is 0 Å². The number of ketones is 1. The van der Waals surface area contributed by atoms with E-state index >= 15 is 0 Å². The molecular weight excluding hydrogens is 306 g/mol. The van der Waals surface area contributed by atoms with Gasteiger partial charge >= 0.3 is 0 Å². The summed E-state index contributed by atoms with van der Waals surface area (Å²) in [6, 6.07) is 4.35. The molecule has 3 unspecified atom stereocenters. The molecule has 0 spiro atoms. The van der Waals surface area contributed by atoms with Crippen LogP contribution in [0.2, 0.25) is 0 Å². The summed E-state index contributed by atoms with van der Waals surface area (Å²) < 4.78 is 16.5. The number of carbonyl (C=O) groups excluding carboxylic acids is 1. The summed E-state index contributed by atoms with van der Waals surface area (Å²) in [6.07, 6.45) is 5.31. The Morgan fingerprint density at radius 1 is 1.21 bits per heavy atom. The zero-order valence-electron chi connectivity index (χ0n) is 13.8. The molecule has 3 atom stereocenters. The zero-order valence-corrected chi connectivity index (χ0v) is 13.8. The van der Waals surface area contributed by atoms with Crippen molar-refractivity contribution >= 4 is 5.78 Å². The molecule has 1 aromatic carbocycles. The number of hydrogen-bond acceptors (Lipinski definition) is 5. The van der Waals surface area contributed by atoms with E-state index < -0.39 is 0 Å². The van der Waals surface area contributed by atoms with E-state index in [1.807, 2.05) is 6.07 Å². The summed E-state index contributed by atoms with van der Waals surface area (Å²) in [6.45, 7) is 2.33. The number of piperidine rings is 1. The molecule has 24 heavy (non-hydrogen) atoms. The number of methoxy groups -OCH3 is 1. The van der Waals surface area contributed by atoms with Crippen molar-refractivity contribution in [3.8, 4) is 11.5 Å². The Labute approximate surface area is 141 Å². The van der Waals surface area contributed by atoms with E-state index in [2.05, 4.69) is 17.0 Å². The van der Waals surface area contributed by atoms with Crippen LogP contribution >= 0.6 is 0 Å². The molecule has 126 valence electrons. The number of fused-ring (bicyclic) bond motifs is 3. The van der Waals surface area contributed by atoms with Crippen LogP contribution in [0, 0.1) is 5.92 Å². The van der Waals surface area contributed by atoms with Crippen LogP contribution < -0.4 is 9.47 Å². The maximum Gasteiger partial charge on any atom is 0.231 e. The molecule has 5 nitrogen and oxygen atoms in total. The van der Waals surface area contributed by atoms with Crippen LogP contribution in [-0.2, 0) is 16.0 Å². The smallest absolute Gasteiger partial charge is 0.231 e. The minimum atomic E-state index is -0.165. The number of nitrogens with zero attached hydrogens (tertiary/aromatic N) is 1. The van der Waals surface area contributed by atoms with Crippen LogP contribution in [0.4, 0.5) is 0 Å². The second-order valence-corrected chi connectivity index (χ2v) is 7.06. The highest BCUT2D eigenvalue weighted by Gasteiger charge is 2.47. The number of benzene rings is 1. The van der Waals surface area contributed by atoms with Crippen molar-refractivity contribution < 1.29 is 19.0 Å². The Morgan fingerprint density at radius 3 is 2.88 bits per heavy atom. The molecular formula is C19H21NO4. The molecule has 0 radical (unpaired) electrons. The Kier molecular flexibility index (Phi) is 3.13. The molecule has 1 saturated heterocycles. The second-order valence-electron chi connectivity index (χ2n) is 7.06. The highest BCUT2D eigenvalue weighted by atomic mass is 16.7. The number of Topliss-reactive ketones (excluding diaryl/α,β-unsaturated/α-hetero) is 1. The predicted molar refractivity (Wildman–Crippen MR) is 87.2 cm³/mol. The molecule has 0 saturated carbocycles. The SMILES string of the molecule is COC1=CC2CCCN3CCc4cc5c(cc4C(C1=O)C23)OCO5. The normalized spacial score (nSPS) is 31.0. The molecule has 1 aliphatic carbocycles. The molecule has 1 fully saturated rings. The van der Waals surface area contributed by atoms with Crippen molar-refractivity contribution in [2.75, 3.05) is 27.0 Å². The van der Waals surface area contributed by atoms with E-state index in [9.17, 15) is 4.79 Å². The highest BCUT2D eigenvalue weighted by molar-refractivity contribution is 6.00. The quantitative estimate of drug-likeness (QED) is 0.792. The van der Waals surface area contributed by atoms with Gasteiger partial charge in [0, 0.05) is 12.6 Å². The lowest BCUT2D eigenvalue weighted by Crippen LogP contribution is -2.51. The van der Waals surface area contributed by atoms with Gasteiger partial charge in [-0.1, -0.05) is 0 Å². The molecule has 0 amide bonds. The van der Waals surface area contributed by atoms with Crippen molar-refractivity contribution in [2.45, 2.75) is 31.2 Å². The van der Waals surface area contributed by atoms with Crippen molar-refractivity contribution in [3.63, 3.8) is 0 Å². The highest BCUT2D eigenvalue weighted by Crippen LogP contribution is 2.47. The summed E-state index contributed by atoms with van der Waals surface area (Å²) in [5.41, 5.74) is 2.31. The van der Waals surface area contributed by atoms with E-state index in [4.69, 9.17) is 14.2 Å². The molecule has 0 aromatic heterocycles. The van der Waals surface area contributed by atoms with Gasteiger partial charge < -0.3 is 14.2 Å². The Bertz CT molecular complexity index is 741. The number of carbonyl (C=O) groups is 1. The van der Waals surface area contributed by atoms with Gasteiger partial charge in [-0.05, 0) is 61.1 Å². The predicted octanol–water partition coefficient (Wildman–Crippen LogP) is 2.25. The molecule has 0 bridgehead atoms. The summed E-state index contributed by atoms with van der Waals surface area (Å²) in [7, 11) is 1.60. The first-order chi connectivity index (χ1) is 11.8. The first-order valence-electron chi connectivity index (χ1n) is 8.73. The van der Waals surface area contributed by atoms with Gasteiger partial charge in [0.05, 0.1) is 13.0 Å². The average Bonchev–Trinajstić information content (AvgIpc) is 2.99. The number of allylic oxidation sites excluding steroid dienone is 1. The standard InChI is InChI=1S/C19H21NO4/c1-22-16-8-12-3-2-5-20-6-4-11-7-14-15(24-10-23-14)9-13(11)17(18(12)20)19(16)21/h7-9,12,17-18H,2-6,10H2,1H3. The van der Waals surface area contributed by atoms with Gasteiger partial charge in [0.25, 0.3) is 0 Å². The Hall–Kier alpha value is -2.01. The third-order valence-corrected chi connectivity index (χ3v) is 5.93. The van der Waals surface area contributed by atoms with E-state index in [1.165, 1.54) is 12.0 Å². The molecule has 5 heteroatoms. The minimum Gasteiger partial charge on any atom is -0.493 e. The van der Waals surface area contributed by atoms with E-state index in [0.29, 0.717) is 11.7 Å². The van der Waals surface area contributed by atoms with Crippen LogP contribution in [0.3, 0.4) is 0 Å². The molecule has 0 N–H and O–H groups in total. The fourth-order valence-corrected chi connectivity index (χ4v) is 4.87. The zero-order chi connectivity index (χ0) is 16.3. The van der Waals surface area contributed by atoms with Crippen LogP contribution in [0.5, 0.6) is 11.5 Å². The number of hydrogen-bond donors (Lipinski definition) is 0. The van der Waals surface area contributed by atoms with Gasteiger partial charge in [-0.3, -0.25) is 9.69 Å². The Morgan fingerprint density at radius 2 is 2.04 bits per heavy atom. The summed E-state index contributed by atoms with van der Waals surface area (Å²) >= 11 is 0. The summed E-state index contributed by atoms with van der Waals surface area (Å²) in [4.78, 5) is 15.7. The number of ether oxygens (including phenoxy) is 3. The lowest BCUT2D eigenvalue weighted by Gasteiger charge is -2.45. The van der Waals surface area contributed by atoms with Gasteiger partial charge in [0.15, 0.2) is 17.3 Å². The topological polar surface area (TPSA) is 48.0 Å². The fraction of sp³-hybridized carbons (Fsp3) is 0.526. The Balaban J connectivity index is 1.68. The first kappa shape index (κ1) is 14.3. The first-order valence-corrected chi connectivity index (χ1v) is 8.73. The molecule has 3 aliphatic heterocycles. The molecule has 4 aliphatic rings. The van der Waals surface area contributed by atoms with Crippen LogP contribution in [0.25, 0.3) is 0 Å². The molecule has 1 aromatic rings. The third kappa shape index (κ3) is 1.94. The lowest BCUT2D eigenvalue weighted by molar-refractivity contribution is -0.123. The van der Waals surface area contributed by atoms with Crippen molar-refractivity contribution in [1.82, 2.24) is 4.90 Å². The molecule has 5 rings (SSSR count). The van der Waals surface area contributed by atoms with Gasteiger partial charge in [0.2, 0.25) is 12.6 Å². The minimum absolute atomic E-state index is 0.104. The van der Waals surface area contributed by atoms with Crippen molar-refractivity contribution in [2.24, 2.45) is 5.92 Å². The monoisotopic (exact) mass is 327 g/mol. The largest absolute Gasteiger partial charge is 0.493 e. The van der Waals surface area contributed by atoms with Crippen molar-refractivity contribution in [1.29, 1.82) is 0 Å². The fourth-order valence-electron chi connectivity index (χ4n) is 4.87. The second kappa shape index (κ2) is 5.24. The van der Waals surface area contributed by atoms with E-state index in [0.717, 1.165) is 43.0 Å². The molecule has 3 heterocycles. The van der Waals surface area contributed by atoms with Gasteiger partial charge in [-0.15, -0.1) is 0 Å². The lowest BCUT2D eigenvalue weighted by atomic mass is 9.72. The van der Waals surface area contributed by atoms with E-state index in [-0.39, 0.29) is 24.5 Å². The van der Waals surface area contributed by atoms with Crippen LogP contribution in [0.15, 0.2) is 24.0 Å². The number of rotatable bonds is 1. The van der Waals surface area contributed by atoms with Crippen molar-refractivity contribution in [3.05, 3.63) is 35.1 Å². The summed E-state index contributed by atoms with van der Waals surface area (Å²) in [5.74, 6) is 2.41. The summed E-state index contributed by atoms with van der Waals surface area (Å²) in [5, 5.41) is 0. The third-order valence-electron chi connectivity index (χ3n) is 5.93. The van der Waals surface area contributed by atoms with E-state index in [1.54, 1.807) is 7.11 Å². The average molecular weight is 327 g/mol. The van der Waals surface area contributed by atoms with Gasteiger partial charge in [-0.2, -0.15) is 0 Å². The van der Waals surface area contributed by atoms with Crippen LogP contribution in [0.1, 0.15) is 29.9 Å². The van der Waals surface area contributed by atoms with Crippen LogP contribution in [-0.4, -0.2) is 43.7 Å². The maximum absolute atomic E-state index is 13.1. The van der Waals surface area contributed by atoms with Gasteiger partial charge in [0.1, 0.15) is 0 Å². The maximum atomic E-state index is 13.1.